The fourth-order valence-corrected chi connectivity index (χ4v) is 5.53. The summed E-state index contributed by atoms with van der Waals surface area (Å²) in [7, 11) is 0. The summed E-state index contributed by atoms with van der Waals surface area (Å²) in [5, 5.41) is 0. The number of esters is 3. The predicted octanol–water partition coefficient (Wildman–Crippen LogP) is 1.91. The molecule has 3 aliphatic rings. The van der Waals surface area contributed by atoms with Gasteiger partial charge in [-0.3, -0.25) is 19.2 Å². The molecule has 2 aliphatic carbocycles. The summed E-state index contributed by atoms with van der Waals surface area (Å²) in [4.78, 5) is 47.8. The first kappa shape index (κ1) is 18.2. The minimum absolute atomic E-state index is 0.0120. The fraction of sp³-hybridized carbons (Fsp3) is 0.474. The average molecular weight is 437 g/mol. The van der Waals surface area contributed by atoms with Crippen molar-refractivity contribution < 1.29 is 33.4 Å². The van der Waals surface area contributed by atoms with E-state index in [1.54, 1.807) is 0 Å². The minimum Gasteiger partial charge on any atom is -0.461 e. The number of ether oxygens (including phenoxy) is 3. The first-order chi connectivity index (χ1) is 12.9. The summed E-state index contributed by atoms with van der Waals surface area (Å²) >= 11 is 3.54. The molecule has 0 N–H and O–H groups in total. The lowest BCUT2D eigenvalue weighted by Crippen LogP contribution is -2.39. The van der Waals surface area contributed by atoms with E-state index in [1.807, 2.05) is 0 Å². The maximum absolute atomic E-state index is 12.6. The third-order valence-electron chi connectivity index (χ3n) is 5.58. The normalized spacial score (nSPS) is 32.9. The lowest BCUT2D eigenvalue weighted by Gasteiger charge is -2.26. The molecule has 1 heterocycles. The van der Waals surface area contributed by atoms with Gasteiger partial charge in [0.15, 0.2) is 12.4 Å². The number of rotatable bonds is 5. The monoisotopic (exact) mass is 436 g/mol. The van der Waals surface area contributed by atoms with Gasteiger partial charge in [-0.05, 0) is 36.6 Å². The van der Waals surface area contributed by atoms with Crippen molar-refractivity contribution in [2.45, 2.75) is 24.3 Å². The molecule has 0 spiro atoms. The lowest BCUT2D eigenvalue weighted by molar-refractivity contribution is -0.154. The highest BCUT2D eigenvalue weighted by molar-refractivity contribution is 9.09. The van der Waals surface area contributed by atoms with E-state index < -0.39 is 30.4 Å². The Balaban J connectivity index is 1.37. The van der Waals surface area contributed by atoms with Crippen LogP contribution in [0.4, 0.5) is 0 Å². The first-order valence-electron chi connectivity index (χ1n) is 8.69. The van der Waals surface area contributed by atoms with Crippen molar-refractivity contribution >= 4 is 39.6 Å². The van der Waals surface area contributed by atoms with Gasteiger partial charge < -0.3 is 14.2 Å². The van der Waals surface area contributed by atoms with Crippen LogP contribution in [0.3, 0.4) is 0 Å². The molecule has 0 amide bonds. The first-order valence-corrected chi connectivity index (χ1v) is 9.61. The second-order valence-corrected chi connectivity index (χ2v) is 8.17. The van der Waals surface area contributed by atoms with Crippen LogP contribution in [0.15, 0.2) is 24.3 Å². The predicted molar refractivity (Wildman–Crippen MR) is 94.2 cm³/mol. The number of halogens is 1. The van der Waals surface area contributed by atoms with Crippen molar-refractivity contribution in [3.05, 3.63) is 29.8 Å². The molecule has 4 rings (SSSR count). The van der Waals surface area contributed by atoms with Crippen LogP contribution in [0.1, 0.15) is 23.7 Å². The van der Waals surface area contributed by atoms with Gasteiger partial charge in [0.2, 0.25) is 0 Å². The lowest BCUT2D eigenvalue weighted by atomic mass is 9.80. The van der Waals surface area contributed by atoms with Crippen LogP contribution in [0.5, 0.6) is 5.75 Å². The zero-order valence-corrected chi connectivity index (χ0v) is 16.0. The van der Waals surface area contributed by atoms with Gasteiger partial charge >= 0.3 is 17.9 Å². The van der Waals surface area contributed by atoms with Gasteiger partial charge in [-0.25, -0.2) is 0 Å². The smallest absolute Gasteiger partial charge is 0.310 e. The molecule has 1 saturated heterocycles. The van der Waals surface area contributed by atoms with E-state index >= 15 is 0 Å². The van der Waals surface area contributed by atoms with Crippen LogP contribution >= 0.6 is 15.9 Å². The van der Waals surface area contributed by atoms with Crippen LogP contribution in [0, 0.1) is 23.7 Å². The number of carbonyl (C=O) groups is 4. The summed E-state index contributed by atoms with van der Waals surface area (Å²) < 4.78 is 15.5. The second-order valence-electron chi connectivity index (χ2n) is 7.11. The zero-order valence-electron chi connectivity index (χ0n) is 14.4. The maximum Gasteiger partial charge on any atom is 0.310 e. The van der Waals surface area contributed by atoms with Gasteiger partial charge in [0.05, 0.1) is 16.7 Å². The van der Waals surface area contributed by atoms with Crippen molar-refractivity contribution in [3.8, 4) is 5.75 Å². The Hall–Kier alpha value is -2.22. The highest BCUT2D eigenvalue weighted by atomic mass is 79.9. The summed E-state index contributed by atoms with van der Waals surface area (Å²) in [6, 6.07) is 5.99. The van der Waals surface area contributed by atoms with E-state index in [1.165, 1.54) is 31.2 Å². The van der Waals surface area contributed by atoms with Crippen LogP contribution < -0.4 is 4.74 Å². The number of carbonyl (C=O) groups excluding carboxylic acids is 4. The molecule has 1 aromatic rings. The van der Waals surface area contributed by atoms with E-state index in [-0.39, 0.29) is 34.5 Å². The van der Waals surface area contributed by atoms with Crippen molar-refractivity contribution in [1.82, 2.24) is 0 Å². The number of benzene rings is 1. The van der Waals surface area contributed by atoms with Crippen molar-refractivity contribution in [3.63, 3.8) is 0 Å². The Kier molecular flexibility index (Phi) is 4.53. The fourth-order valence-electron chi connectivity index (χ4n) is 4.49. The molecule has 142 valence electrons. The Labute approximate surface area is 163 Å². The Morgan fingerprint density at radius 2 is 1.89 bits per heavy atom. The summed E-state index contributed by atoms with van der Waals surface area (Å²) in [5.41, 5.74) is 0.338. The van der Waals surface area contributed by atoms with Crippen molar-refractivity contribution in [2.75, 3.05) is 6.61 Å². The summed E-state index contributed by atoms with van der Waals surface area (Å²) in [6.45, 7) is 0.881. The third-order valence-corrected chi connectivity index (χ3v) is 6.78. The highest BCUT2D eigenvalue weighted by Gasteiger charge is 2.68. The van der Waals surface area contributed by atoms with Gasteiger partial charge in [-0.2, -0.15) is 0 Å². The molecule has 3 fully saturated rings. The van der Waals surface area contributed by atoms with Crippen LogP contribution in [0.25, 0.3) is 0 Å². The average Bonchev–Trinajstić information content (AvgIpc) is 3.23. The van der Waals surface area contributed by atoms with E-state index in [9.17, 15) is 19.2 Å². The highest BCUT2D eigenvalue weighted by Crippen LogP contribution is 2.60. The third kappa shape index (κ3) is 3.05. The van der Waals surface area contributed by atoms with E-state index in [2.05, 4.69) is 15.9 Å². The molecule has 27 heavy (non-hydrogen) atoms. The molecule has 2 bridgehead atoms. The van der Waals surface area contributed by atoms with E-state index in [0.717, 1.165) is 6.42 Å². The number of Topliss-reactive ketones (excluding diaryl/α,β-unsaturated/α-hetero) is 1. The largest absolute Gasteiger partial charge is 0.461 e. The molecular weight excluding hydrogens is 420 g/mol. The molecule has 1 aliphatic heterocycles. The van der Waals surface area contributed by atoms with Crippen LogP contribution in [0.2, 0.25) is 0 Å². The van der Waals surface area contributed by atoms with Crippen molar-refractivity contribution in [1.29, 1.82) is 0 Å². The standard InChI is InChI=1S/C19H17BrO7/c1-8(21)26-10-4-2-9(3-5-10)13(22)7-25-18(23)14-11-6-12-15(14)19(24)27-17(12)16(11)20/h2-5,11-12,14-17H,6-7H2,1H3/t11-,12-,14-,15-,16+,17+/m1/s1. The van der Waals surface area contributed by atoms with Crippen molar-refractivity contribution in [2.24, 2.45) is 23.7 Å². The van der Waals surface area contributed by atoms with Crippen LogP contribution in [-0.4, -0.2) is 41.2 Å². The SMILES string of the molecule is CC(=O)Oc1ccc(C(=O)COC(=O)[C@@H]2[C@H]3C[C@H]4[C@H](OC(=O)[C@H]42)[C@H]3Br)cc1. The molecule has 8 heteroatoms. The molecule has 7 nitrogen and oxygen atoms in total. The number of hydrogen-bond acceptors (Lipinski definition) is 7. The second kappa shape index (κ2) is 6.74. The number of ketones is 1. The van der Waals surface area contributed by atoms with E-state index in [0.29, 0.717) is 11.3 Å². The Morgan fingerprint density at radius 3 is 2.56 bits per heavy atom. The molecular formula is C19H17BrO7. The quantitative estimate of drug-likeness (QED) is 0.301. The Bertz CT molecular complexity index is 818. The van der Waals surface area contributed by atoms with Gasteiger partial charge in [-0.15, -0.1) is 0 Å². The molecule has 1 aromatic carbocycles. The van der Waals surface area contributed by atoms with Gasteiger partial charge in [0.25, 0.3) is 0 Å². The Morgan fingerprint density at radius 1 is 1.19 bits per heavy atom. The molecule has 2 saturated carbocycles. The zero-order chi connectivity index (χ0) is 19.3. The number of hydrogen-bond donors (Lipinski definition) is 0. The van der Waals surface area contributed by atoms with Gasteiger partial charge in [0, 0.05) is 18.4 Å². The summed E-state index contributed by atoms with van der Waals surface area (Å²) in [6.07, 6.45) is 0.594. The van der Waals surface area contributed by atoms with E-state index in [4.69, 9.17) is 14.2 Å². The molecule has 0 radical (unpaired) electrons. The number of fused-ring (bicyclic) bond motifs is 1. The number of alkyl halides is 1. The van der Waals surface area contributed by atoms with Gasteiger partial charge in [-0.1, -0.05) is 15.9 Å². The molecule has 6 atom stereocenters. The molecule has 0 unspecified atom stereocenters. The van der Waals surface area contributed by atoms with Gasteiger partial charge in [0.1, 0.15) is 11.9 Å². The summed E-state index contributed by atoms with van der Waals surface area (Å²) in [5.74, 6) is -2.35. The molecule has 0 aromatic heterocycles. The minimum atomic E-state index is -0.565. The topological polar surface area (TPSA) is 96.0 Å². The maximum atomic E-state index is 12.6. The van der Waals surface area contributed by atoms with Crippen LogP contribution in [-0.2, 0) is 23.9 Å².